The molecule has 0 saturated carbocycles. The van der Waals surface area contributed by atoms with Crippen molar-refractivity contribution in [1.29, 1.82) is 0 Å². The van der Waals surface area contributed by atoms with Gasteiger partial charge in [0.2, 0.25) is 0 Å². The van der Waals surface area contributed by atoms with Crippen LogP contribution < -0.4 is 15.1 Å². The first-order valence-electron chi connectivity index (χ1n) is 8.94. The summed E-state index contributed by atoms with van der Waals surface area (Å²) in [5.41, 5.74) is 2.76. The summed E-state index contributed by atoms with van der Waals surface area (Å²) in [6.07, 6.45) is 3.23. The summed E-state index contributed by atoms with van der Waals surface area (Å²) in [5.74, 6) is 1.05. The molecule has 1 N–H and O–H groups in total. The maximum Gasteiger partial charge on any atom is 0.136 e. The monoisotopic (exact) mass is 326 g/mol. The summed E-state index contributed by atoms with van der Waals surface area (Å²) in [6.45, 7) is 11.1. The standard InChI is InChI=1S/C20H30N4/c1-20(2,3)15-7-8-16-17(13-15)19(23(4)5)22-14-18(16)24-11-6-9-21-10-12-24/h7-8,13-14,21H,6,9-12H2,1-5H3. The lowest BCUT2D eigenvalue weighted by molar-refractivity contribution is 0.591. The lowest BCUT2D eigenvalue weighted by Gasteiger charge is -2.27. The Morgan fingerprint density at radius 3 is 2.58 bits per heavy atom. The van der Waals surface area contributed by atoms with Gasteiger partial charge in [0.25, 0.3) is 0 Å². The predicted octanol–water partition coefficient (Wildman–Crippen LogP) is 3.40. The Kier molecular flexibility index (Phi) is 4.68. The molecule has 3 rings (SSSR count). The van der Waals surface area contributed by atoms with Gasteiger partial charge in [-0.2, -0.15) is 0 Å². The van der Waals surface area contributed by atoms with Crippen LogP contribution in [0.25, 0.3) is 10.8 Å². The summed E-state index contributed by atoms with van der Waals surface area (Å²) in [7, 11) is 4.14. The maximum absolute atomic E-state index is 4.80. The molecule has 0 bridgehead atoms. The van der Waals surface area contributed by atoms with Crippen LogP contribution in [0.2, 0.25) is 0 Å². The topological polar surface area (TPSA) is 31.4 Å². The molecule has 1 fully saturated rings. The SMILES string of the molecule is CN(C)c1ncc(N2CCCNCC2)c2ccc(C(C)(C)C)cc12. The molecule has 1 aromatic heterocycles. The quantitative estimate of drug-likeness (QED) is 0.916. The second-order valence-electron chi connectivity index (χ2n) is 7.96. The Labute approximate surface area is 145 Å². The number of anilines is 2. The number of fused-ring (bicyclic) bond motifs is 1. The number of nitrogens with one attached hydrogen (secondary N) is 1. The summed E-state index contributed by atoms with van der Waals surface area (Å²) in [6, 6.07) is 6.90. The third kappa shape index (κ3) is 3.34. The van der Waals surface area contributed by atoms with E-state index in [9.17, 15) is 0 Å². The minimum Gasteiger partial charge on any atom is -0.368 e. The van der Waals surface area contributed by atoms with Gasteiger partial charge in [0, 0.05) is 44.5 Å². The van der Waals surface area contributed by atoms with Crippen LogP contribution in [0.3, 0.4) is 0 Å². The molecule has 0 amide bonds. The average Bonchev–Trinajstić information content (AvgIpc) is 2.81. The zero-order chi connectivity index (χ0) is 17.3. The highest BCUT2D eigenvalue weighted by atomic mass is 15.2. The van der Waals surface area contributed by atoms with Crippen molar-refractivity contribution in [1.82, 2.24) is 10.3 Å². The van der Waals surface area contributed by atoms with Crippen LogP contribution >= 0.6 is 0 Å². The Bertz CT molecular complexity index is 707. The second-order valence-corrected chi connectivity index (χ2v) is 7.96. The van der Waals surface area contributed by atoms with Gasteiger partial charge < -0.3 is 15.1 Å². The molecule has 1 aromatic carbocycles. The lowest BCUT2D eigenvalue weighted by atomic mass is 9.86. The van der Waals surface area contributed by atoms with Gasteiger partial charge in [-0.15, -0.1) is 0 Å². The van der Waals surface area contributed by atoms with E-state index in [0.717, 1.165) is 32.0 Å². The van der Waals surface area contributed by atoms with Gasteiger partial charge in [-0.3, -0.25) is 0 Å². The predicted molar refractivity (Wildman–Crippen MR) is 104 cm³/mol. The largest absolute Gasteiger partial charge is 0.368 e. The molecule has 2 aromatic rings. The van der Waals surface area contributed by atoms with Gasteiger partial charge in [-0.05, 0) is 30.0 Å². The molecule has 130 valence electrons. The molecular formula is C20H30N4. The van der Waals surface area contributed by atoms with Crippen molar-refractivity contribution >= 4 is 22.3 Å². The Morgan fingerprint density at radius 2 is 1.88 bits per heavy atom. The summed E-state index contributed by atoms with van der Waals surface area (Å²) < 4.78 is 0. The average molecular weight is 326 g/mol. The molecular weight excluding hydrogens is 296 g/mol. The van der Waals surface area contributed by atoms with E-state index in [0.29, 0.717) is 0 Å². The van der Waals surface area contributed by atoms with E-state index in [4.69, 9.17) is 4.98 Å². The highest BCUT2D eigenvalue weighted by Gasteiger charge is 2.19. The van der Waals surface area contributed by atoms with Crippen molar-refractivity contribution in [2.24, 2.45) is 0 Å². The Hall–Kier alpha value is -1.81. The van der Waals surface area contributed by atoms with Crippen LogP contribution in [-0.4, -0.2) is 45.3 Å². The number of hydrogen-bond donors (Lipinski definition) is 1. The fourth-order valence-corrected chi connectivity index (χ4v) is 3.38. The second kappa shape index (κ2) is 6.60. The number of benzene rings is 1. The molecule has 2 heterocycles. The van der Waals surface area contributed by atoms with Gasteiger partial charge in [-0.25, -0.2) is 4.98 Å². The number of rotatable bonds is 2. The fraction of sp³-hybridized carbons (Fsp3) is 0.550. The summed E-state index contributed by atoms with van der Waals surface area (Å²) >= 11 is 0. The molecule has 0 unspecified atom stereocenters. The maximum atomic E-state index is 4.80. The molecule has 4 heteroatoms. The minimum absolute atomic E-state index is 0.139. The first-order chi connectivity index (χ1) is 11.4. The number of hydrogen-bond acceptors (Lipinski definition) is 4. The van der Waals surface area contributed by atoms with E-state index < -0.39 is 0 Å². The molecule has 1 aliphatic rings. The van der Waals surface area contributed by atoms with Crippen molar-refractivity contribution in [3.8, 4) is 0 Å². The molecule has 4 nitrogen and oxygen atoms in total. The van der Waals surface area contributed by atoms with Crippen molar-refractivity contribution < 1.29 is 0 Å². The molecule has 0 spiro atoms. The summed E-state index contributed by atoms with van der Waals surface area (Å²) in [4.78, 5) is 9.39. The highest BCUT2D eigenvalue weighted by Crippen LogP contribution is 2.35. The van der Waals surface area contributed by atoms with Crippen molar-refractivity contribution in [3.05, 3.63) is 30.0 Å². The van der Waals surface area contributed by atoms with Crippen LogP contribution in [0.15, 0.2) is 24.4 Å². The van der Waals surface area contributed by atoms with Gasteiger partial charge >= 0.3 is 0 Å². The van der Waals surface area contributed by atoms with Crippen molar-refractivity contribution in [2.75, 3.05) is 50.1 Å². The van der Waals surface area contributed by atoms with Crippen LogP contribution in [-0.2, 0) is 5.41 Å². The number of pyridine rings is 1. The van der Waals surface area contributed by atoms with Gasteiger partial charge in [0.05, 0.1) is 11.9 Å². The van der Waals surface area contributed by atoms with Crippen molar-refractivity contribution in [2.45, 2.75) is 32.6 Å². The van der Waals surface area contributed by atoms with Crippen LogP contribution in [0.4, 0.5) is 11.5 Å². The number of nitrogens with zero attached hydrogens (tertiary/aromatic N) is 3. The third-order valence-electron chi connectivity index (χ3n) is 4.82. The highest BCUT2D eigenvalue weighted by molar-refractivity contribution is 6.01. The van der Waals surface area contributed by atoms with E-state index in [2.05, 4.69) is 74.4 Å². The van der Waals surface area contributed by atoms with Gasteiger partial charge in [0.1, 0.15) is 5.82 Å². The summed E-state index contributed by atoms with van der Waals surface area (Å²) in [5, 5.41) is 6.04. The number of aromatic nitrogens is 1. The molecule has 1 aliphatic heterocycles. The fourth-order valence-electron chi connectivity index (χ4n) is 3.38. The van der Waals surface area contributed by atoms with E-state index in [1.165, 1.54) is 28.4 Å². The molecule has 0 aliphatic carbocycles. The van der Waals surface area contributed by atoms with Crippen LogP contribution in [0, 0.1) is 0 Å². The van der Waals surface area contributed by atoms with E-state index in [-0.39, 0.29) is 5.41 Å². The zero-order valence-corrected chi connectivity index (χ0v) is 15.7. The molecule has 1 saturated heterocycles. The van der Waals surface area contributed by atoms with Gasteiger partial charge in [-0.1, -0.05) is 32.9 Å². The van der Waals surface area contributed by atoms with Crippen LogP contribution in [0.5, 0.6) is 0 Å². The minimum atomic E-state index is 0.139. The Balaban J connectivity index is 2.16. The van der Waals surface area contributed by atoms with E-state index in [1.807, 2.05) is 0 Å². The first kappa shape index (κ1) is 17.0. The molecule has 0 atom stereocenters. The lowest BCUT2D eigenvalue weighted by Crippen LogP contribution is -2.28. The van der Waals surface area contributed by atoms with Crippen molar-refractivity contribution in [3.63, 3.8) is 0 Å². The smallest absolute Gasteiger partial charge is 0.136 e. The Morgan fingerprint density at radius 1 is 1.08 bits per heavy atom. The third-order valence-corrected chi connectivity index (χ3v) is 4.82. The first-order valence-corrected chi connectivity index (χ1v) is 8.94. The van der Waals surface area contributed by atoms with Gasteiger partial charge in [0.15, 0.2) is 0 Å². The zero-order valence-electron chi connectivity index (χ0n) is 15.7. The van der Waals surface area contributed by atoms with Crippen LogP contribution in [0.1, 0.15) is 32.8 Å². The van der Waals surface area contributed by atoms with E-state index >= 15 is 0 Å². The molecule has 24 heavy (non-hydrogen) atoms. The van der Waals surface area contributed by atoms with E-state index in [1.54, 1.807) is 0 Å². The molecule has 0 radical (unpaired) electrons. The normalized spacial score (nSPS) is 16.3.